The van der Waals surface area contributed by atoms with Gasteiger partial charge in [-0.05, 0) is 42.9 Å². The molecule has 0 unspecified atom stereocenters. The fourth-order valence-corrected chi connectivity index (χ4v) is 5.22. The van der Waals surface area contributed by atoms with E-state index in [1.54, 1.807) is 18.2 Å². The number of nitrogens with zero attached hydrogens (tertiary/aromatic N) is 2. The van der Waals surface area contributed by atoms with Crippen LogP contribution in [0.4, 0.5) is 0 Å². The van der Waals surface area contributed by atoms with E-state index < -0.39 is 22.0 Å². The number of hydrogen-bond acceptors (Lipinski definition) is 4. The van der Waals surface area contributed by atoms with Gasteiger partial charge in [-0.1, -0.05) is 25.0 Å². The van der Waals surface area contributed by atoms with Gasteiger partial charge in [-0.25, -0.2) is 12.7 Å². The van der Waals surface area contributed by atoms with Crippen LogP contribution in [-0.2, 0) is 21.4 Å². The molecule has 3 atom stereocenters. The first-order valence-corrected chi connectivity index (χ1v) is 10.2. The second-order valence-electron chi connectivity index (χ2n) is 7.31. The molecule has 1 heterocycles. The third-order valence-electron chi connectivity index (χ3n) is 5.55. The van der Waals surface area contributed by atoms with Gasteiger partial charge in [-0.2, -0.15) is 0 Å². The van der Waals surface area contributed by atoms with Gasteiger partial charge in [0.2, 0.25) is 10.0 Å². The molecular formula is C18H26N2O4S. The number of carbonyl (C=O) groups is 1. The third kappa shape index (κ3) is 3.59. The standard InChI is InChI=1S/C18H26N2O4S/c1-19(2)25(23,24)15-8-5-6-13(10-15)12-20-16-9-4-3-7-14(16)11-17(20)18(21)22/h5-6,8,10,14,16-17H,3-4,7,9,11-12H2,1-2H3,(H,21,22)/t14-,16-,17-/m0/s1. The average Bonchev–Trinajstić information content (AvgIpc) is 2.94. The summed E-state index contributed by atoms with van der Waals surface area (Å²) in [6.45, 7) is 0.481. The molecule has 1 saturated carbocycles. The number of hydrogen-bond donors (Lipinski definition) is 1. The van der Waals surface area contributed by atoms with Crippen molar-refractivity contribution in [3.05, 3.63) is 29.8 Å². The summed E-state index contributed by atoms with van der Waals surface area (Å²) in [6, 6.07) is 6.69. The maximum absolute atomic E-state index is 12.3. The zero-order valence-corrected chi connectivity index (χ0v) is 15.6. The molecular weight excluding hydrogens is 340 g/mol. The zero-order valence-electron chi connectivity index (χ0n) is 14.8. The number of carboxylic acids is 1. The van der Waals surface area contributed by atoms with Gasteiger partial charge in [0.15, 0.2) is 0 Å². The van der Waals surface area contributed by atoms with E-state index in [2.05, 4.69) is 4.90 Å². The Bertz CT molecular complexity index is 747. The summed E-state index contributed by atoms with van der Waals surface area (Å²) in [5, 5.41) is 9.62. The van der Waals surface area contributed by atoms with Gasteiger partial charge >= 0.3 is 5.97 Å². The monoisotopic (exact) mass is 366 g/mol. The highest BCUT2D eigenvalue weighted by Crippen LogP contribution is 2.40. The molecule has 3 rings (SSSR count). The number of sulfonamides is 1. The van der Waals surface area contributed by atoms with Gasteiger partial charge < -0.3 is 5.11 Å². The summed E-state index contributed by atoms with van der Waals surface area (Å²) < 4.78 is 25.9. The first-order chi connectivity index (χ1) is 11.8. The molecule has 1 aromatic carbocycles. The summed E-state index contributed by atoms with van der Waals surface area (Å²) >= 11 is 0. The van der Waals surface area contributed by atoms with Crippen LogP contribution < -0.4 is 0 Å². The van der Waals surface area contributed by atoms with Gasteiger partial charge in [0.05, 0.1) is 4.90 Å². The molecule has 25 heavy (non-hydrogen) atoms. The number of fused-ring (bicyclic) bond motifs is 1. The zero-order chi connectivity index (χ0) is 18.2. The molecule has 2 aliphatic rings. The van der Waals surface area contributed by atoms with Gasteiger partial charge in [-0.3, -0.25) is 9.69 Å². The van der Waals surface area contributed by atoms with Crippen LogP contribution in [0.25, 0.3) is 0 Å². The first-order valence-electron chi connectivity index (χ1n) is 8.80. The molecule has 1 aliphatic heterocycles. The Hall–Kier alpha value is -1.44. The average molecular weight is 366 g/mol. The maximum atomic E-state index is 12.3. The van der Waals surface area contributed by atoms with E-state index in [4.69, 9.17) is 0 Å². The van der Waals surface area contributed by atoms with Crippen LogP contribution in [0.2, 0.25) is 0 Å². The molecule has 0 aromatic heterocycles. The lowest BCUT2D eigenvalue weighted by Crippen LogP contribution is -2.41. The maximum Gasteiger partial charge on any atom is 0.320 e. The smallest absolute Gasteiger partial charge is 0.320 e. The molecule has 2 fully saturated rings. The molecule has 0 bridgehead atoms. The summed E-state index contributed by atoms with van der Waals surface area (Å²) in [4.78, 5) is 14.0. The predicted molar refractivity (Wildman–Crippen MR) is 94.6 cm³/mol. The predicted octanol–water partition coefficient (Wildman–Crippen LogP) is 2.15. The highest BCUT2D eigenvalue weighted by atomic mass is 32.2. The van der Waals surface area contributed by atoms with Crippen molar-refractivity contribution in [2.75, 3.05) is 14.1 Å². The van der Waals surface area contributed by atoms with Crippen LogP contribution >= 0.6 is 0 Å². The van der Waals surface area contributed by atoms with E-state index >= 15 is 0 Å². The minimum atomic E-state index is -3.49. The summed E-state index contributed by atoms with van der Waals surface area (Å²) in [5.41, 5.74) is 0.848. The lowest BCUT2D eigenvalue weighted by atomic mass is 9.84. The number of rotatable bonds is 5. The van der Waals surface area contributed by atoms with E-state index in [-0.39, 0.29) is 4.90 Å². The molecule has 1 saturated heterocycles. The number of aliphatic carboxylic acids is 1. The third-order valence-corrected chi connectivity index (χ3v) is 7.36. The van der Waals surface area contributed by atoms with Crippen molar-refractivity contribution in [2.24, 2.45) is 5.92 Å². The Labute approximate surface area is 149 Å². The molecule has 0 radical (unpaired) electrons. The molecule has 1 N–H and O–H groups in total. The van der Waals surface area contributed by atoms with Gasteiger partial charge in [0, 0.05) is 26.7 Å². The quantitative estimate of drug-likeness (QED) is 0.864. The Morgan fingerprint density at radius 1 is 1.28 bits per heavy atom. The topological polar surface area (TPSA) is 77.9 Å². The molecule has 1 aromatic rings. The molecule has 138 valence electrons. The second-order valence-corrected chi connectivity index (χ2v) is 9.46. The van der Waals surface area contributed by atoms with E-state index in [1.165, 1.54) is 24.8 Å². The van der Waals surface area contributed by atoms with Crippen molar-refractivity contribution < 1.29 is 18.3 Å². The Morgan fingerprint density at radius 3 is 2.68 bits per heavy atom. The SMILES string of the molecule is CN(C)S(=O)(=O)c1cccc(CN2[C@H](C(=O)O)C[C@@H]3CCCC[C@@H]32)c1. The van der Waals surface area contributed by atoms with Crippen molar-refractivity contribution in [1.82, 2.24) is 9.21 Å². The fourth-order valence-electron chi connectivity index (χ4n) is 4.25. The lowest BCUT2D eigenvalue weighted by molar-refractivity contribution is -0.142. The fraction of sp³-hybridized carbons (Fsp3) is 0.611. The normalized spacial score (nSPS) is 27.4. The number of carboxylic acid groups (broad SMARTS) is 1. The van der Waals surface area contributed by atoms with Crippen molar-refractivity contribution in [2.45, 2.75) is 55.6 Å². The lowest BCUT2D eigenvalue weighted by Gasteiger charge is -2.33. The second kappa shape index (κ2) is 7.05. The Morgan fingerprint density at radius 2 is 2.00 bits per heavy atom. The number of likely N-dealkylation sites (tertiary alicyclic amines) is 1. The van der Waals surface area contributed by atoms with Crippen molar-refractivity contribution in [1.29, 1.82) is 0 Å². The summed E-state index contributed by atoms with van der Waals surface area (Å²) in [5.74, 6) is -0.324. The van der Waals surface area contributed by atoms with Crippen molar-refractivity contribution in [3.8, 4) is 0 Å². The van der Waals surface area contributed by atoms with Crippen molar-refractivity contribution in [3.63, 3.8) is 0 Å². The molecule has 6 nitrogen and oxygen atoms in total. The van der Waals surface area contributed by atoms with Crippen LogP contribution in [0, 0.1) is 5.92 Å². The van der Waals surface area contributed by atoms with E-state index in [9.17, 15) is 18.3 Å². The van der Waals surface area contributed by atoms with Crippen molar-refractivity contribution >= 4 is 16.0 Å². The summed E-state index contributed by atoms with van der Waals surface area (Å²) in [6.07, 6.45) is 5.15. The molecule has 0 spiro atoms. The van der Waals surface area contributed by atoms with Crippen LogP contribution in [-0.4, -0.2) is 54.9 Å². The van der Waals surface area contributed by atoms with Gasteiger partial charge in [-0.15, -0.1) is 0 Å². The largest absolute Gasteiger partial charge is 0.480 e. The van der Waals surface area contributed by atoms with Gasteiger partial charge in [0.25, 0.3) is 0 Å². The van der Waals surface area contributed by atoms with Crippen LogP contribution in [0.3, 0.4) is 0 Å². The highest BCUT2D eigenvalue weighted by molar-refractivity contribution is 7.89. The minimum Gasteiger partial charge on any atom is -0.480 e. The Kier molecular flexibility index (Phi) is 5.18. The first kappa shape index (κ1) is 18.4. The number of benzene rings is 1. The van der Waals surface area contributed by atoms with Crippen LogP contribution in [0.5, 0.6) is 0 Å². The Balaban J connectivity index is 1.86. The molecule has 0 amide bonds. The van der Waals surface area contributed by atoms with Gasteiger partial charge in [0.1, 0.15) is 6.04 Å². The minimum absolute atomic E-state index is 0.251. The molecule has 7 heteroatoms. The van der Waals surface area contributed by atoms with E-state index in [0.29, 0.717) is 24.9 Å². The summed E-state index contributed by atoms with van der Waals surface area (Å²) in [7, 11) is -0.469. The van der Waals surface area contributed by atoms with E-state index in [1.807, 2.05) is 6.07 Å². The van der Waals surface area contributed by atoms with E-state index in [0.717, 1.165) is 24.8 Å². The molecule has 1 aliphatic carbocycles. The van der Waals surface area contributed by atoms with Crippen LogP contribution in [0.15, 0.2) is 29.2 Å². The highest BCUT2D eigenvalue weighted by Gasteiger charge is 2.45. The van der Waals surface area contributed by atoms with Crippen LogP contribution in [0.1, 0.15) is 37.7 Å².